The number of carboxylic acids is 1. The molecule has 0 saturated carbocycles. The number of carboxylic acid groups (broad SMARTS) is 1. The molecule has 0 amide bonds. The molecule has 92 heavy (non-hydrogen) atoms. The molecule has 9 nitrogen and oxygen atoms in total. The van der Waals surface area contributed by atoms with Crippen LogP contribution in [0.3, 0.4) is 0 Å². The summed E-state index contributed by atoms with van der Waals surface area (Å²) in [5.74, 6) is -2.26. The summed E-state index contributed by atoms with van der Waals surface area (Å²) in [7, 11) is 5.95. The van der Waals surface area contributed by atoms with Crippen LogP contribution in [0, 0.1) is 0 Å². The van der Waals surface area contributed by atoms with Crippen LogP contribution in [0.15, 0.2) is 85.1 Å². The van der Waals surface area contributed by atoms with E-state index in [2.05, 4.69) is 98.9 Å². The number of allylic oxidation sites excluding steroid dienone is 14. The number of hydrogen-bond acceptors (Lipinski definition) is 8. The Morgan fingerprint density at radius 3 is 0.924 bits per heavy atom. The van der Waals surface area contributed by atoms with Gasteiger partial charge in [0.25, 0.3) is 0 Å². The summed E-state index contributed by atoms with van der Waals surface area (Å²) in [5.41, 5.74) is 0. The van der Waals surface area contributed by atoms with Gasteiger partial charge in [-0.1, -0.05) is 369 Å². The smallest absolute Gasteiger partial charge is 0.306 e. The third kappa shape index (κ3) is 73.9. The molecule has 0 radical (unpaired) electrons. The summed E-state index contributed by atoms with van der Waals surface area (Å²) < 4.78 is 22.9. The maximum Gasteiger partial charge on any atom is 0.306 e. The van der Waals surface area contributed by atoms with E-state index in [0.29, 0.717) is 23.9 Å². The predicted molar refractivity (Wildman–Crippen MR) is 394 cm³/mol. The summed E-state index contributed by atoms with van der Waals surface area (Å²) in [6, 6.07) is 0. The lowest BCUT2D eigenvalue weighted by atomic mass is 10.0. The van der Waals surface area contributed by atoms with Gasteiger partial charge in [-0.05, 0) is 70.6 Å². The van der Waals surface area contributed by atoms with Crippen molar-refractivity contribution in [3.8, 4) is 0 Å². The predicted octanol–water partition coefficient (Wildman–Crippen LogP) is 23.6. The number of unbranched alkanes of at least 4 members (excludes halogenated alkanes) is 44. The van der Waals surface area contributed by atoms with E-state index in [1.54, 1.807) is 0 Å². The van der Waals surface area contributed by atoms with Crippen molar-refractivity contribution in [3.63, 3.8) is 0 Å². The lowest BCUT2D eigenvalue weighted by molar-refractivity contribution is -0.870. The van der Waals surface area contributed by atoms with Crippen molar-refractivity contribution in [1.29, 1.82) is 0 Å². The quantitative estimate of drug-likeness (QED) is 0.0195. The van der Waals surface area contributed by atoms with E-state index in [0.717, 1.165) is 77.0 Å². The molecule has 9 heteroatoms. The van der Waals surface area contributed by atoms with Gasteiger partial charge in [0.05, 0.1) is 40.3 Å². The lowest BCUT2D eigenvalue weighted by Gasteiger charge is -2.26. The van der Waals surface area contributed by atoms with Crippen molar-refractivity contribution in [2.45, 2.75) is 379 Å². The van der Waals surface area contributed by atoms with Crippen LogP contribution in [-0.2, 0) is 33.3 Å². The van der Waals surface area contributed by atoms with Gasteiger partial charge in [-0.3, -0.25) is 9.59 Å². The zero-order valence-electron chi connectivity index (χ0n) is 61.2. The third-order valence-electron chi connectivity index (χ3n) is 17.4. The van der Waals surface area contributed by atoms with Gasteiger partial charge in [-0.15, -0.1) is 0 Å². The van der Waals surface area contributed by atoms with E-state index in [1.807, 2.05) is 21.1 Å². The number of aliphatic carboxylic acids is 1. The van der Waals surface area contributed by atoms with Crippen LogP contribution < -0.4 is 5.11 Å². The molecule has 0 spiro atoms. The number of quaternary nitrogens is 1. The van der Waals surface area contributed by atoms with Gasteiger partial charge in [-0.2, -0.15) is 0 Å². The fourth-order valence-electron chi connectivity index (χ4n) is 11.5. The van der Waals surface area contributed by atoms with Gasteiger partial charge in [0.15, 0.2) is 12.4 Å². The SMILES string of the molecule is CC/C=C\C/C=C\C/C=C\C/C=C\C/C=C\C/C=C\C/C=C\CCCCCCCCCCCCCCCCCCCC(=O)OC(COC(=O)CCCCCCCCCCCCCCCCCCCCCCCCCCCCCC)COC(OCC[N+](C)(C)C)C(=O)[O-]. The fraction of sp³-hybridized carbons (Fsp3) is 0.795. The van der Waals surface area contributed by atoms with Gasteiger partial charge in [0.2, 0.25) is 0 Å². The molecule has 0 aromatic rings. The van der Waals surface area contributed by atoms with E-state index in [4.69, 9.17) is 18.9 Å². The van der Waals surface area contributed by atoms with Crippen LogP contribution in [0.25, 0.3) is 0 Å². The molecule has 0 aliphatic rings. The van der Waals surface area contributed by atoms with E-state index in [1.165, 1.54) is 257 Å². The summed E-state index contributed by atoms with van der Waals surface area (Å²) >= 11 is 0. The van der Waals surface area contributed by atoms with Gasteiger partial charge in [0.1, 0.15) is 13.2 Å². The second-order valence-electron chi connectivity index (χ2n) is 27.6. The summed E-state index contributed by atoms with van der Waals surface area (Å²) in [6.07, 6.45) is 97.0. The summed E-state index contributed by atoms with van der Waals surface area (Å²) in [5, 5.41) is 11.9. The molecule has 0 saturated heterocycles. The molecule has 0 aromatic carbocycles. The number of hydrogen-bond donors (Lipinski definition) is 0. The summed E-state index contributed by atoms with van der Waals surface area (Å²) in [6.45, 7) is 4.70. The minimum atomic E-state index is -1.62. The van der Waals surface area contributed by atoms with Gasteiger partial charge < -0.3 is 33.3 Å². The second kappa shape index (κ2) is 73.3. The monoisotopic (exact) mass is 1290 g/mol. The number of rotatable bonds is 73. The molecule has 0 aliphatic carbocycles. The van der Waals surface area contributed by atoms with Crippen LogP contribution >= 0.6 is 0 Å². The second-order valence-corrected chi connectivity index (χ2v) is 27.6. The van der Waals surface area contributed by atoms with Crippen molar-refractivity contribution < 1.29 is 42.9 Å². The van der Waals surface area contributed by atoms with Crippen molar-refractivity contribution >= 4 is 17.9 Å². The Hall–Kier alpha value is -3.53. The van der Waals surface area contributed by atoms with Crippen LogP contribution in [0.1, 0.15) is 367 Å². The molecule has 0 aliphatic heterocycles. The van der Waals surface area contributed by atoms with Crippen LogP contribution in [0.5, 0.6) is 0 Å². The average molecular weight is 1290 g/mol. The molecule has 0 N–H and O–H groups in total. The first kappa shape index (κ1) is 88.5. The molecule has 0 rings (SSSR count). The number of esters is 2. The summed E-state index contributed by atoms with van der Waals surface area (Å²) in [4.78, 5) is 37.6. The minimum Gasteiger partial charge on any atom is -0.545 e. The van der Waals surface area contributed by atoms with Crippen molar-refractivity contribution in [3.05, 3.63) is 85.1 Å². The first-order valence-corrected chi connectivity index (χ1v) is 39.2. The zero-order chi connectivity index (χ0) is 66.8. The largest absolute Gasteiger partial charge is 0.545 e. The highest BCUT2D eigenvalue weighted by Gasteiger charge is 2.22. The van der Waals surface area contributed by atoms with Gasteiger partial charge in [-0.25, -0.2) is 0 Å². The maximum absolute atomic E-state index is 13.0. The molecule has 0 fully saturated rings. The Labute approximate surface area is 570 Å². The number of likely N-dealkylation sites (N-methyl/N-ethyl adjacent to an activating group) is 1. The van der Waals surface area contributed by atoms with Crippen molar-refractivity contribution in [1.82, 2.24) is 0 Å². The lowest BCUT2D eigenvalue weighted by Crippen LogP contribution is -2.44. The maximum atomic E-state index is 13.0. The van der Waals surface area contributed by atoms with Crippen LogP contribution in [0.4, 0.5) is 0 Å². The number of nitrogens with zero attached hydrogens (tertiary/aromatic N) is 1. The number of carbonyl (C=O) groups excluding carboxylic acids is 3. The normalized spacial score (nSPS) is 13.1. The first-order valence-electron chi connectivity index (χ1n) is 39.2. The van der Waals surface area contributed by atoms with E-state index in [9.17, 15) is 19.5 Å². The molecule has 2 unspecified atom stereocenters. The first-order chi connectivity index (χ1) is 45.1. The molecule has 534 valence electrons. The van der Waals surface area contributed by atoms with Gasteiger partial charge in [0, 0.05) is 12.8 Å². The van der Waals surface area contributed by atoms with E-state index in [-0.39, 0.29) is 32.2 Å². The Bertz CT molecular complexity index is 1790. The van der Waals surface area contributed by atoms with Crippen molar-refractivity contribution in [2.75, 3.05) is 47.5 Å². The highest BCUT2D eigenvalue weighted by Crippen LogP contribution is 2.19. The Kier molecular flexibility index (Phi) is 70.5. The molecule has 0 heterocycles. The Morgan fingerprint density at radius 2 is 0.620 bits per heavy atom. The van der Waals surface area contributed by atoms with E-state index < -0.39 is 24.3 Å². The average Bonchev–Trinajstić information content (AvgIpc) is 3.75. The van der Waals surface area contributed by atoms with Crippen molar-refractivity contribution in [2.24, 2.45) is 0 Å². The van der Waals surface area contributed by atoms with Crippen LogP contribution in [-0.4, -0.2) is 82.3 Å². The number of carbonyl (C=O) groups is 3. The Morgan fingerprint density at radius 1 is 0.337 bits per heavy atom. The van der Waals surface area contributed by atoms with Gasteiger partial charge >= 0.3 is 11.9 Å². The zero-order valence-corrected chi connectivity index (χ0v) is 61.2. The van der Waals surface area contributed by atoms with E-state index >= 15 is 0 Å². The standard InChI is InChI=1S/C83H149NO8/c1-6-8-10-12-14-16-18-20-22-24-26-28-30-32-34-36-37-38-39-40-41-42-43-44-45-46-48-50-52-54-56-58-60-62-64-66-68-70-72-74-81(86)92-79(78-91-83(82(87)88)89-76-75-84(3,4)5)77-90-80(85)73-71-69-67-65-63-61-59-57-55-53-51-49-47-35-33-31-29-27-25-23-21-19-17-15-13-11-9-7-2/h8,10,14,16,20,22,26,28,32,34,37-38,40-41,79,83H,6-7,9,11-13,15,17-19,21,23-25,27,29-31,33,35-36,39,42-78H2,1-5H3/b10-8-,16-14-,22-20-,28-26-,34-32-,38-37-,41-40-. The van der Waals surface area contributed by atoms with Crippen LogP contribution in [0.2, 0.25) is 0 Å². The highest BCUT2D eigenvalue weighted by molar-refractivity contribution is 5.70. The third-order valence-corrected chi connectivity index (χ3v) is 17.4. The highest BCUT2D eigenvalue weighted by atomic mass is 16.7. The minimum absolute atomic E-state index is 0.148. The molecule has 0 aromatic heterocycles. The fourth-order valence-corrected chi connectivity index (χ4v) is 11.5. The number of ether oxygens (including phenoxy) is 4. The molecule has 2 atom stereocenters. The molecule has 0 bridgehead atoms. The molecular weight excluding hydrogens is 1140 g/mol. The Balaban J connectivity index is 4.01. The topological polar surface area (TPSA) is 111 Å². The molecular formula is C83H149NO8.